The quantitative estimate of drug-likeness (QED) is 0.863. The summed E-state index contributed by atoms with van der Waals surface area (Å²) in [5.41, 5.74) is 6.88. The molecule has 0 aromatic heterocycles. The van der Waals surface area contributed by atoms with Crippen molar-refractivity contribution in [3.05, 3.63) is 24.3 Å². The van der Waals surface area contributed by atoms with Gasteiger partial charge in [-0.05, 0) is 44.2 Å². The van der Waals surface area contributed by atoms with Gasteiger partial charge in [0.2, 0.25) is 0 Å². The Hall–Kier alpha value is -1.26. The Morgan fingerprint density at radius 1 is 1.39 bits per heavy atom. The monoisotopic (exact) mass is 250 g/mol. The van der Waals surface area contributed by atoms with E-state index >= 15 is 0 Å². The lowest BCUT2D eigenvalue weighted by atomic mass is 10.1. The molecule has 4 nitrogen and oxygen atoms in total. The number of morpholine rings is 1. The highest BCUT2D eigenvalue weighted by atomic mass is 16.5. The molecular weight excluding hydrogens is 228 g/mol. The average molecular weight is 250 g/mol. The second-order valence-corrected chi connectivity index (χ2v) is 4.43. The van der Waals surface area contributed by atoms with Crippen molar-refractivity contribution in [2.24, 2.45) is 5.73 Å². The van der Waals surface area contributed by atoms with E-state index in [-0.39, 0.29) is 0 Å². The van der Waals surface area contributed by atoms with Crippen LogP contribution >= 0.6 is 0 Å². The number of nitrogens with zero attached hydrogens (tertiary/aromatic N) is 1. The van der Waals surface area contributed by atoms with E-state index in [4.69, 9.17) is 15.2 Å². The van der Waals surface area contributed by atoms with Crippen LogP contribution in [0, 0.1) is 0 Å². The molecule has 1 aliphatic heterocycles. The maximum atomic E-state index is 5.66. The predicted molar refractivity (Wildman–Crippen MR) is 73.2 cm³/mol. The number of hydrogen-bond donors (Lipinski definition) is 1. The molecule has 1 fully saturated rings. The smallest absolute Gasteiger partial charge is 0.119 e. The topological polar surface area (TPSA) is 47.7 Å². The second kappa shape index (κ2) is 6.61. The summed E-state index contributed by atoms with van der Waals surface area (Å²) in [5.74, 6) is 0.921. The maximum Gasteiger partial charge on any atom is 0.119 e. The zero-order chi connectivity index (χ0) is 12.8. The zero-order valence-corrected chi connectivity index (χ0v) is 11.0. The molecule has 1 aliphatic rings. The lowest BCUT2D eigenvalue weighted by Crippen LogP contribution is -2.46. The van der Waals surface area contributed by atoms with E-state index in [9.17, 15) is 0 Å². The lowest BCUT2D eigenvalue weighted by molar-refractivity contribution is 0.0922. The van der Waals surface area contributed by atoms with Gasteiger partial charge in [-0.2, -0.15) is 0 Å². The summed E-state index contributed by atoms with van der Waals surface area (Å²) in [6.45, 7) is 5.87. The predicted octanol–water partition coefficient (Wildman–Crippen LogP) is 1.64. The van der Waals surface area contributed by atoms with Gasteiger partial charge in [0.25, 0.3) is 0 Å². The average Bonchev–Trinajstić information content (AvgIpc) is 2.41. The number of ether oxygens (including phenoxy) is 2. The van der Waals surface area contributed by atoms with Crippen LogP contribution in [0.3, 0.4) is 0 Å². The first-order valence-corrected chi connectivity index (χ1v) is 6.62. The summed E-state index contributed by atoms with van der Waals surface area (Å²) >= 11 is 0. The lowest BCUT2D eigenvalue weighted by Gasteiger charge is -2.37. The van der Waals surface area contributed by atoms with Crippen molar-refractivity contribution in [3.8, 4) is 5.75 Å². The Kier molecular flexibility index (Phi) is 4.84. The molecule has 1 aromatic rings. The summed E-state index contributed by atoms with van der Waals surface area (Å²) in [6.07, 6.45) is 0.965. The van der Waals surface area contributed by atoms with E-state index in [1.807, 2.05) is 19.1 Å². The minimum Gasteiger partial charge on any atom is -0.494 e. The Bertz CT molecular complexity index is 351. The number of hydrogen-bond acceptors (Lipinski definition) is 4. The third-order valence-electron chi connectivity index (χ3n) is 3.21. The summed E-state index contributed by atoms with van der Waals surface area (Å²) in [6, 6.07) is 8.66. The molecule has 1 unspecified atom stereocenters. The van der Waals surface area contributed by atoms with Gasteiger partial charge in [-0.3, -0.25) is 0 Å². The molecule has 18 heavy (non-hydrogen) atoms. The number of benzene rings is 1. The second-order valence-electron chi connectivity index (χ2n) is 4.43. The van der Waals surface area contributed by atoms with Crippen molar-refractivity contribution in [2.45, 2.75) is 19.4 Å². The first kappa shape index (κ1) is 13.2. The Morgan fingerprint density at radius 3 is 2.83 bits per heavy atom. The minimum atomic E-state index is 0.390. The largest absolute Gasteiger partial charge is 0.494 e. The molecule has 2 N–H and O–H groups in total. The molecule has 2 rings (SSSR count). The molecule has 4 heteroatoms. The molecule has 1 aromatic carbocycles. The van der Waals surface area contributed by atoms with Crippen molar-refractivity contribution in [2.75, 3.05) is 37.8 Å². The van der Waals surface area contributed by atoms with Crippen molar-refractivity contribution >= 4 is 5.69 Å². The summed E-state index contributed by atoms with van der Waals surface area (Å²) in [4.78, 5) is 2.38. The molecule has 0 spiro atoms. The van der Waals surface area contributed by atoms with E-state index in [1.165, 1.54) is 5.69 Å². The van der Waals surface area contributed by atoms with Gasteiger partial charge in [-0.1, -0.05) is 0 Å². The van der Waals surface area contributed by atoms with Crippen LogP contribution in [0.5, 0.6) is 5.75 Å². The zero-order valence-electron chi connectivity index (χ0n) is 11.0. The van der Waals surface area contributed by atoms with Crippen LogP contribution in [0.1, 0.15) is 13.3 Å². The standard InChI is InChI=1S/C14H22N2O2/c1-2-18-14-5-3-12(4-6-14)16-9-10-17-11-13(16)7-8-15/h3-6,13H,2,7-11,15H2,1H3. The summed E-state index contributed by atoms with van der Waals surface area (Å²) in [5, 5.41) is 0. The highest BCUT2D eigenvalue weighted by molar-refractivity contribution is 5.50. The van der Waals surface area contributed by atoms with Crippen LogP contribution in [0.2, 0.25) is 0 Å². The summed E-state index contributed by atoms with van der Waals surface area (Å²) in [7, 11) is 0. The van der Waals surface area contributed by atoms with Crippen molar-refractivity contribution in [3.63, 3.8) is 0 Å². The fourth-order valence-electron chi connectivity index (χ4n) is 2.33. The SMILES string of the molecule is CCOc1ccc(N2CCOCC2CCN)cc1. The van der Waals surface area contributed by atoms with Gasteiger partial charge >= 0.3 is 0 Å². The number of anilines is 1. The summed E-state index contributed by atoms with van der Waals surface area (Å²) < 4.78 is 11.0. The molecule has 1 atom stereocenters. The van der Waals surface area contributed by atoms with E-state index in [1.54, 1.807) is 0 Å². The Labute approximate surface area is 109 Å². The number of nitrogens with two attached hydrogens (primary N) is 1. The maximum absolute atomic E-state index is 5.66. The third kappa shape index (κ3) is 3.15. The van der Waals surface area contributed by atoms with Crippen LogP contribution in [0.25, 0.3) is 0 Å². The normalized spacial score (nSPS) is 19.9. The molecule has 100 valence electrons. The molecule has 0 bridgehead atoms. The molecule has 0 amide bonds. The Morgan fingerprint density at radius 2 is 2.17 bits per heavy atom. The van der Waals surface area contributed by atoms with Gasteiger partial charge in [0, 0.05) is 12.2 Å². The fourth-order valence-corrected chi connectivity index (χ4v) is 2.33. The van der Waals surface area contributed by atoms with E-state index in [0.29, 0.717) is 19.2 Å². The first-order chi connectivity index (χ1) is 8.85. The molecular formula is C14H22N2O2. The van der Waals surface area contributed by atoms with Crippen LogP contribution in [-0.2, 0) is 4.74 Å². The van der Waals surface area contributed by atoms with Gasteiger partial charge in [-0.15, -0.1) is 0 Å². The van der Waals surface area contributed by atoms with E-state index < -0.39 is 0 Å². The van der Waals surface area contributed by atoms with Crippen LogP contribution in [-0.4, -0.2) is 39.0 Å². The molecule has 1 saturated heterocycles. The molecule has 1 heterocycles. The first-order valence-electron chi connectivity index (χ1n) is 6.62. The van der Waals surface area contributed by atoms with Crippen molar-refractivity contribution in [1.82, 2.24) is 0 Å². The van der Waals surface area contributed by atoms with Crippen molar-refractivity contribution in [1.29, 1.82) is 0 Å². The van der Waals surface area contributed by atoms with Gasteiger partial charge < -0.3 is 20.1 Å². The van der Waals surface area contributed by atoms with Crippen molar-refractivity contribution < 1.29 is 9.47 Å². The third-order valence-corrected chi connectivity index (χ3v) is 3.21. The van der Waals surface area contributed by atoms with E-state index in [0.717, 1.165) is 31.9 Å². The van der Waals surface area contributed by atoms with Gasteiger partial charge in [0.05, 0.1) is 25.9 Å². The van der Waals surface area contributed by atoms with E-state index in [2.05, 4.69) is 17.0 Å². The fraction of sp³-hybridized carbons (Fsp3) is 0.571. The molecule has 0 saturated carbocycles. The van der Waals surface area contributed by atoms with Gasteiger partial charge in [-0.25, -0.2) is 0 Å². The highest BCUT2D eigenvalue weighted by Crippen LogP contribution is 2.24. The van der Waals surface area contributed by atoms with Crippen LogP contribution in [0.4, 0.5) is 5.69 Å². The molecule has 0 radical (unpaired) electrons. The van der Waals surface area contributed by atoms with Gasteiger partial charge in [0.1, 0.15) is 5.75 Å². The van der Waals surface area contributed by atoms with Crippen LogP contribution < -0.4 is 15.4 Å². The Balaban J connectivity index is 2.07. The molecule has 0 aliphatic carbocycles. The minimum absolute atomic E-state index is 0.390. The van der Waals surface area contributed by atoms with Gasteiger partial charge in [0.15, 0.2) is 0 Å². The highest BCUT2D eigenvalue weighted by Gasteiger charge is 2.22. The van der Waals surface area contributed by atoms with Crippen LogP contribution in [0.15, 0.2) is 24.3 Å². The number of rotatable bonds is 5.